The lowest BCUT2D eigenvalue weighted by atomic mass is 10.2. The smallest absolute Gasteiger partial charge is 0.211 e. The highest BCUT2D eigenvalue weighted by Gasteiger charge is 2.14. The summed E-state index contributed by atoms with van der Waals surface area (Å²) in [5, 5.41) is 19.3. The van der Waals surface area contributed by atoms with E-state index < -0.39 is 0 Å². The number of aromatic hydroxyl groups is 2. The molecule has 0 unspecified atom stereocenters. The molecule has 0 fully saturated rings. The number of phenols is 2. The largest absolute Gasteiger partial charge is 0.508 e. The minimum absolute atomic E-state index is 0.103. The summed E-state index contributed by atoms with van der Waals surface area (Å²) in [6.45, 7) is 1.91. The first kappa shape index (κ1) is 13.9. The van der Waals surface area contributed by atoms with Gasteiger partial charge in [-0.15, -0.1) is 0 Å². The Morgan fingerprint density at radius 1 is 0.850 bits per heavy atom. The highest BCUT2D eigenvalue weighted by Crippen LogP contribution is 2.43. The molecule has 106 valence electrons. The molecule has 5 heteroatoms. The number of ether oxygens (including phenoxy) is 3. The second-order valence-electron chi connectivity index (χ2n) is 4.28. The molecule has 2 rings (SSSR count). The fourth-order valence-corrected chi connectivity index (χ4v) is 1.84. The van der Waals surface area contributed by atoms with Crippen LogP contribution in [0.3, 0.4) is 0 Å². The zero-order valence-electron chi connectivity index (χ0n) is 11.5. The van der Waals surface area contributed by atoms with Crippen LogP contribution >= 0.6 is 0 Å². The quantitative estimate of drug-likeness (QED) is 0.897. The van der Waals surface area contributed by atoms with E-state index in [0.717, 1.165) is 5.56 Å². The number of benzene rings is 2. The van der Waals surface area contributed by atoms with Crippen LogP contribution in [0.4, 0.5) is 0 Å². The summed E-state index contributed by atoms with van der Waals surface area (Å²) in [5.74, 6) is 1.22. The average Bonchev–Trinajstić information content (AvgIpc) is 2.40. The fourth-order valence-electron chi connectivity index (χ4n) is 1.84. The van der Waals surface area contributed by atoms with E-state index in [9.17, 15) is 10.2 Å². The summed E-state index contributed by atoms with van der Waals surface area (Å²) >= 11 is 0. The van der Waals surface area contributed by atoms with Gasteiger partial charge in [-0.05, 0) is 24.6 Å². The minimum atomic E-state index is -0.206. The lowest BCUT2D eigenvalue weighted by molar-refractivity contribution is 0.350. The van der Waals surface area contributed by atoms with Crippen LogP contribution < -0.4 is 14.2 Å². The fraction of sp³-hybridized carbons (Fsp3) is 0.200. The third kappa shape index (κ3) is 2.88. The first-order valence-corrected chi connectivity index (χ1v) is 5.97. The Morgan fingerprint density at radius 3 is 2.20 bits per heavy atom. The standard InChI is InChI=1S/C15H16O5/c1-9-4-11(18-2)8-12(5-9)20-15-13(17)6-10(16)7-14(15)19-3/h4-8,16-17H,1-3H3. The van der Waals surface area contributed by atoms with E-state index in [1.165, 1.54) is 19.2 Å². The molecule has 5 nitrogen and oxygen atoms in total. The van der Waals surface area contributed by atoms with Crippen molar-refractivity contribution in [1.82, 2.24) is 0 Å². The summed E-state index contributed by atoms with van der Waals surface area (Å²) < 4.78 is 15.9. The van der Waals surface area contributed by atoms with Crippen molar-refractivity contribution in [3.63, 3.8) is 0 Å². The Labute approximate surface area is 117 Å². The molecular weight excluding hydrogens is 260 g/mol. The zero-order valence-corrected chi connectivity index (χ0v) is 11.5. The lowest BCUT2D eigenvalue weighted by Gasteiger charge is -2.13. The highest BCUT2D eigenvalue weighted by molar-refractivity contribution is 5.56. The van der Waals surface area contributed by atoms with Crippen molar-refractivity contribution >= 4 is 0 Å². The Bertz CT molecular complexity index is 622. The Kier molecular flexibility index (Phi) is 3.89. The van der Waals surface area contributed by atoms with Crippen molar-refractivity contribution in [1.29, 1.82) is 0 Å². The van der Waals surface area contributed by atoms with Gasteiger partial charge in [-0.2, -0.15) is 0 Å². The molecule has 0 aliphatic carbocycles. The summed E-state index contributed by atoms with van der Waals surface area (Å²) in [4.78, 5) is 0. The van der Waals surface area contributed by atoms with E-state index in [1.54, 1.807) is 19.2 Å². The highest BCUT2D eigenvalue weighted by atomic mass is 16.5. The Balaban J connectivity index is 2.41. The lowest BCUT2D eigenvalue weighted by Crippen LogP contribution is -1.92. The topological polar surface area (TPSA) is 68.2 Å². The molecule has 0 aromatic heterocycles. The number of hydrogen-bond acceptors (Lipinski definition) is 5. The molecular formula is C15H16O5. The molecule has 0 radical (unpaired) electrons. The van der Waals surface area contributed by atoms with E-state index >= 15 is 0 Å². The molecule has 2 N–H and O–H groups in total. The molecule has 0 amide bonds. The van der Waals surface area contributed by atoms with Gasteiger partial charge in [0.2, 0.25) is 5.75 Å². The van der Waals surface area contributed by atoms with E-state index in [0.29, 0.717) is 11.5 Å². The van der Waals surface area contributed by atoms with Gasteiger partial charge in [-0.1, -0.05) is 0 Å². The van der Waals surface area contributed by atoms with Gasteiger partial charge in [-0.25, -0.2) is 0 Å². The van der Waals surface area contributed by atoms with Crippen LogP contribution in [0.15, 0.2) is 30.3 Å². The van der Waals surface area contributed by atoms with E-state index in [-0.39, 0.29) is 23.0 Å². The van der Waals surface area contributed by atoms with Gasteiger partial charge in [0.05, 0.1) is 14.2 Å². The van der Waals surface area contributed by atoms with Crippen LogP contribution in [0, 0.1) is 6.92 Å². The molecule has 0 aliphatic rings. The van der Waals surface area contributed by atoms with Gasteiger partial charge in [0, 0.05) is 18.2 Å². The van der Waals surface area contributed by atoms with Crippen molar-refractivity contribution in [2.45, 2.75) is 6.92 Å². The van der Waals surface area contributed by atoms with Crippen LogP contribution in [-0.4, -0.2) is 24.4 Å². The van der Waals surface area contributed by atoms with Gasteiger partial charge < -0.3 is 24.4 Å². The molecule has 0 heterocycles. The maximum atomic E-state index is 9.86. The molecule has 0 saturated carbocycles. The van der Waals surface area contributed by atoms with Crippen molar-refractivity contribution in [3.8, 4) is 34.5 Å². The van der Waals surface area contributed by atoms with Crippen molar-refractivity contribution in [3.05, 3.63) is 35.9 Å². The number of hydrogen-bond donors (Lipinski definition) is 2. The monoisotopic (exact) mass is 276 g/mol. The average molecular weight is 276 g/mol. The van der Waals surface area contributed by atoms with Crippen LogP contribution in [0.25, 0.3) is 0 Å². The van der Waals surface area contributed by atoms with E-state index in [1.807, 2.05) is 13.0 Å². The molecule has 2 aromatic carbocycles. The van der Waals surface area contributed by atoms with E-state index in [2.05, 4.69) is 0 Å². The zero-order chi connectivity index (χ0) is 14.7. The predicted molar refractivity (Wildman–Crippen MR) is 74.1 cm³/mol. The number of methoxy groups -OCH3 is 2. The summed E-state index contributed by atoms with van der Waals surface area (Å²) in [7, 11) is 3.00. The number of phenolic OH excluding ortho intramolecular Hbond substituents is 2. The van der Waals surface area contributed by atoms with E-state index in [4.69, 9.17) is 14.2 Å². The maximum absolute atomic E-state index is 9.86. The summed E-state index contributed by atoms with van der Waals surface area (Å²) in [6.07, 6.45) is 0. The van der Waals surface area contributed by atoms with Gasteiger partial charge in [0.25, 0.3) is 0 Å². The summed E-state index contributed by atoms with van der Waals surface area (Å²) in [6, 6.07) is 7.90. The molecule has 0 spiro atoms. The first-order valence-electron chi connectivity index (χ1n) is 5.97. The maximum Gasteiger partial charge on any atom is 0.211 e. The molecule has 2 aromatic rings. The van der Waals surface area contributed by atoms with Crippen molar-refractivity contribution in [2.24, 2.45) is 0 Å². The Hall–Kier alpha value is -2.56. The molecule has 0 aliphatic heterocycles. The predicted octanol–water partition coefficient (Wildman–Crippen LogP) is 3.22. The van der Waals surface area contributed by atoms with Gasteiger partial charge in [0.15, 0.2) is 11.5 Å². The summed E-state index contributed by atoms with van der Waals surface area (Å²) in [5.41, 5.74) is 0.955. The molecule has 0 atom stereocenters. The minimum Gasteiger partial charge on any atom is -0.508 e. The SMILES string of the molecule is COc1cc(C)cc(Oc2c(O)cc(O)cc2OC)c1. The number of rotatable bonds is 4. The molecule has 0 saturated heterocycles. The van der Waals surface area contributed by atoms with Gasteiger partial charge in [-0.3, -0.25) is 0 Å². The van der Waals surface area contributed by atoms with Crippen molar-refractivity contribution in [2.75, 3.05) is 14.2 Å². The third-order valence-electron chi connectivity index (χ3n) is 2.72. The second kappa shape index (κ2) is 5.61. The first-order chi connectivity index (χ1) is 9.53. The number of aryl methyl sites for hydroxylation is 1. The van der Waals surface area contributed by atoms with Crippen LogP contribution in [0.5, 0.6) is 34.5 Å². The van der Waals surface area contributed by atoms with Crippen LogP contribution in [-0.2, 0) is 0 Å². The Morgan fingerprint density at radius 2 is 1.55 bits per heavy atom. The molecule has 0 bridgehead atoms. The van der Waals surface area contributed by atoms with Crippen LogP contribution in [0.1, 0.15) is 5.56 Å². The van der Waals surface area contributed by atoms with Crippen molar-refractivity contribution < 1.29 is 24.4 Å². The van der Waals surface area contributed by atoms with Gasteiger partial charge in [0.1, 0.15) is 17.2 Å². The normalized spacial score (nSPS) is 10.2. The molecule has 20 heavy (non-hydrogen) atoms. The second-order valence-corrected chi connectivity index (χ2v) is 4.28. The third-order valence-corrected chi connectivity index (χ3v) is 2.72. The van der Waals surface area contributed by atoms with Crippen LogP contribution in [0.2, 0.25) is 0 Å². The van der Waals surface area contributed by atoms with Gasteiger partial charge >= 0.3 is 0 Å².